The minimum absolute atomic E-state index is 0.0228. The molecule has 0 aromatic heterocycles. The lowest BCUT2D eigenvalue weighted by Crippen LogP contribution is -2.60. The topological polar surface area (TPSA) is 58.6 Å². The minimum atomic E-state index is -0.600. The van der Waals surface area contributed by atoms with E-state index in [2.05, 4.69) is 5.32 Å². The Balaban J connectivity index is 1.99. The van der Waals surface area contributed by atoms with Crippen LogP contribution in [0.5, 0.6) is 0 Å². The molecule has 18 heavy (non-hydrogen) atoms. The Morgan fingerprint density at radius 1 is 1.28 bits per heavy atom. The van der Waals surface area contributed by atoms with Gasteiger partial charge in [0.15, 0.2) is 0 Å². The van der Waals surface area contributed by atoms with Gasteiger partial charge in [-0.15, -0.1) is 0 Å². The van der Waals surface area contributed by atoms with Crippen LogP contribution >= 0.6 is 0 Å². The fourth-order valence-corrected chi connectivity index (χ4v) is 2.29. The Morgan fingerprint density at radius 2 is 2.06 bits per heavy atom. The standard InChI is InChI=1S/C12H11FN2O3/c13-8-3-1-2-4-10(8)15-11(16)7-5-18-6-9(7)14-12(15)17/h1-4,7,9H,5-6H2,(H,14,17). The van der Waals surface area contributed by atoms with Crippen LogP contribution in [0.15, 0.2) is 24.3 Å². The van der Waals surface area contributed by atoms with Crippen molar-refractivity contribution in [3.63, 3.8) is 0 Å². The summed E-state index contributed by atoms with van der Waals surface area (Å²) in [4.78, 5) is 24.9. The molecule has 1 aromatic rings. The molecular weight excluding hydrogens is 239 g/mol. The van der Waals surface area contributed by atoms with Crippen LogP contribution in [0.3, 0.4) is 0 Å². The zero-order valence-electron chi connectivity index (χ0n) is 9.43. The smallest absolute Gasteiger partial charge is 0.329 e. The van der Waals surface area contributed by atoms with Crippen LogP contribution in [0.25, 0.3) is 0 Å². The molecule has 2 saturated heterocycles. The third kappa shape index (κ3) is 1.57. The monoisotopic (exact) mass is 250 g/mol. The van der Waals surface area contributed by atoms with Crippen molar-refractivity contribution in [2.24, 2.45) is 5.92 Å². The maximum Gasteiger partial charge on any atom is 0.329 e. The molecule has 2 aliphatic heterocycles. The summed E-state index contributed by atoms with van der Waals surface area (Å²) in [5, 5.41) is 2.66. The first-order chi connectivity index (χ1) is 8.68. The quantitative estimate of drug-likeness (QED) is 0.805. The van der Waals surface area contributed by atoms with E-state index in [4.69, 9.17) is 4.74 Å². The fraction of sp³-hybridized carbons (Fsp3) is 0.333. The summed E-state index contributed by atoms with van der Waals surface area (Å²) in [6.07, 6.45) is 0. The van der Waals surface area contributed by atoms with Gasteiger partial charge in [-0.3, -0.25) is 4.79 Å². The highest BCUT2D eigenvalue weighted by Gasteiger charge is 2.45. The van der Waals surface area contributed by atoms with E-state index in [1.807, 2.05) is 0 Å². The molecule has 0 aliphatic carbocycles. The Kier molecular flexibility index (Phi) is 2.52. The molecule has 0 radical (unpaired) electrons. The SMILES string of the molecule is O=C1NC2COCC2C(=O)N1c1ccccc1F. The number of carbonyl (C=O) groups excluding carboxylic acids is 2. The fourth-order valence-electron chi connectivity index (χ4n) is 2.29. The number of hydrogen-bond acceptors (Lipinski definition) is 3. The number of amides is 3. The van der Waals surface area contributed by atoms with Gasteiger partial charge in [-0.25, -0.2) is 14.1 Å². The molecule has 0 bridgehead atoms. The third-order valence-electron chi connectivity index (χ3n) is 3.22. The largest absolute Gasteiger partial charge is 0.378 e. The molecule has 1 aromatic carbocycles. The van der Waals surface area contributed by atoms with Crippen molar-refractivity contribution in [1.82, 2.24) is 5.32 Å². The van der Waals surface area contributed by atoms with Crippen LogP contribution < -0.4 is 10.2 Å². The maximum atomic E-state index is 13.7. The number of hydrogen-bond donors (Lipinski definition) is 1. The Morgan fingerprint density at radius 3 is 2.83 bits per heavy atom. The molecule has 94 valence electrons. The number of rotatable bonds is 1. The number of halogens is 1. The zero-order chi connectivity index (χ0) is 12.7. The molecular formula is C12H11FN2O3. The maximum absolute atomic E-state index is 13.7. The Bertz CT molecular complexity index is 520. The van der Waals surface area contributed by atoms with Crippen LogP contribution in [-0.2, 0) is 9.53 Å². The van der Waals surface area contributed by atoms with Gasteiger partial charge in [-0.1, -0.05) is 12.1 Å². The van der Waals surface area contributed by atoms with E-state index in [1.165, 1.54) is 18.2 Å². The summed E-state index contributed by atoms with van der Waals surface area (Å²) in [5.74, 6) is -1.44. The number of para-hydroxylation sites is 1. The van der Waals surface area contributed by atoms with Gasteiger partial charge < -0.3 is 10.1 Å². The van der Waals surface area contributed by atoms with Crippen LogP contribution in [0.1, 0.15) is 0 Å². The molecule has 2 atom stereocenters. The van der Waals surface area contributed by atoms with Gasteiger partial charge in [0.25, 0.3) is 0 Å². The minimum Gasteiger partial charge on any atom is -0.378 e. The van der Waals surface area contributed by atoms with Gasteiger partial charge in [-0.05, 0) is 12.1 Å². The number of fused-ring (bicyclic) bond motifs is 1. The molecule has 2 aliphatic rings. The summed E-state index contributed by atoms with van der Waals surface area (Å²) in [6, 6.07) is 4.81. The lowest BCUT2D eigenvalue weighted by molar-refractivity contribution is -0.122. The van der Waals surface area contributed by atoms with Gasteiger partial charge in [0.1, 0.15) is 5.82 Å². The van der Waals surface area contributed by atoms with E-state index in [0.29, 0.717) is 6.61 Å². The van der Waals surface area contributed by atoms with Gasteiger partial charge in [0.05, 0.1) is 30.9 Å². The molecule has 6 heteroatoms. The Labute approximate surface area is 103 Å². The number of ether oxygens (including phenoxy) is 1. The summed E-state index contributed by atoms with van der Waals surface area (Å²) >= 11 is 0. The van der Waals surface area contributed by atoms with Crippen molar-refractivity contribution in [3.8, 4) is 0 Å². The van der Waals surface area contributed by atoms with Crippen molar-refractivity contribution in [2.75, 3.05) is 18.1 Å². The summed E-state index contributed by atoms with van der Waals surface area (Å²) in [6.45, 7) is 0.585. The van der Waals surface area contributed by atoms with E-state index < -0.39 is 23.7 Å². The van der Waals surface area contributed by atoms with E-state index in [9.17, 15) is 14.0 Å². The lowest BCUT2D eigenvalue weighted by Gasteiger charge is -2.32. The van der Waals surface area contributed by atoms with Gasteiger partial charge in [-0.2, -0.15) is 0 Å². The number of nitrogens with one attached hydrogen (secondary N) is 1. The van der Waals surface area contributed by atoms with Crippen molar-refractivity contribution in [1.29, 1.82) is 0 Å². The molecule has 2 heterocycles. The lowest BCUT2D eigenvalue weighted by atomic mass is 9.99. The number of urea groups is 1. The first-order valence-electron chi connectivity index (χ1n) is 5.65. The third-order valence-corrected chi connectivity index (χ3v) is 3.22. The molecule has 2 unspecified atom stereocenters. The second-order valence-electron chi connectivity index (χ2n) is 4.32. The van der Waals surface area contributed by atoms with Crippen molar-refractivity contribution in [2.45, 2.75) is 6.04 Å². The van der Waals surface area contributed by atoms with Crippen LogP contribution in [0.4, 0.5) is 14.9 Å². The molecule has 3 amide bonds. The number of nitrogens with zero attached hydrogens (tertiary/aromatic N) is 1. The normalized spacial score (nSPS) is 27.1. The molecule has 0 spiro atoms. The van der Waals surface area contributed by atoms with E-state index >= 15 is 0 Å². The highest BCUT2D eigenvalue weighted by atomic mass is 19.1. The highest BCUT2D eigenvalue weighted by Crippen LogP contribution is 2.27. The Hall–Kier alpha value is -1.95. The van der Waals surface area contributed by atoms with Gasteiger partial charge in [0.2, 0.25) is 5.91 Å². The second kappa shape index (κ2) is 4.06. The second-order valence-corrected chi connectivity index (χ2v) is 4.32. The number of anilines is 1. The van der Waals surface area contributed by atoms with E-state index in [0.717, 1.165) is 4.90 Å². The van der Waals surface area contributed by atoms with Crippen LogP contribution in [0, 0.1) is 11.7 Å². The van der Waals surface area contributed by atoms with Crippen molar-refractivity contribution in [3.05, 3.63) is 30.1 Å². The van der Waals surface area contributed by atoms with Crippen LogP contribution in [0.2, 0.25) is 0 Å². The predicted molar refractivity (Wildman–Crippen MR) is 60.5 cm³/mol. The van der Waals surface area contributed by atoms with Crippen molar-refractivity contribution < 1.29 is 18.7 Å². The number of carbonyl (C=O) groups is 2. The van der Waals surface area contributed by atoms with Crippen LogP contribution in [-0.4, -0.2) is 31.2 Å². The molecule has 0 saturated carbocycles. The first-order valence-corrected chi connectivity index (χ1v) is 5.65. The average Bonchev–Trinajstić information content (AvgIpc) is 2.79. The highest BCUT2D eigenvalue weighted by molar-refractivity contribution is 6.17. The molecule has 3 rings (SSSR count). The number of imide groups is 1. The molecule has 1 N–H and O–H groups in total. The summed E-state index contributed by atoms with van der Waals surface area (Å²) in [5.41, 5.74) is -0.0228. The van der Waals surface area contributed by atoms with Gasteiger partial charge >= 0.3 is 6.03 Å². The zero-order valence-corrected chi connectivity index (χ0v) is 9.43. The molecule has 2 fully saturated rings. The predicted octanol–water partition coefficient (Wildman–Crippen LogP) is 0.897. The van der Waals surface area contributed by atoms with E-state index in [1.54, 1.807) is 6.07 Å². The molecule has 5 nitrogen and oxygen atoms in total. The van der Waals surface area contributed by atoms with Gasteiger partial charge in [0, 0.05) is 0 Å². The summed E-state index contributed by atoms with van der Waals surface area (Å²) in [7, 11) is 0. The number of benzene rings is 1. The average molecular weight is 250 g/mol. The first kappa shape index (κ1) is 11.2. The summed E-state index contributed by atoms with van der Waals surface area (Å²) < 4.78 is 18.8. The van der Waals surface area contributed by atoms with E-state index in [-0.39, 0.29) is 18.3 Å². The van der Waals surface area contributed by atoms with Crippen molar-refractivity contribution >= 4 is 17.6 Å².